The molecule has 0 spiro atoms. The lowest BCUT2D eigenvalue weighted by atomic mass is 10.2. The summed E-state index contributed by atoms with van der Waals surface area (Å²) in [7, 11) is 0. The monoisotopic (exact) mass is 153 g/mol. The molecule has 0 aliphatic heterocycles. The number of hydrogen-bond donors (Lipinski definition) is 2. The fraction of sp³-hybridized carbons (Fsp3) is 0.375. The van der Waals surface area contributed by atoms with Gasteiger partial charge in [-0.3, -0.25) is 4.98 Å². The smallest absolute Gasteiger partial charge is 0.0855 e. The third kappa shape index (κ3) is 1.76. The molecule has 1 heterocycles. The minimum Gasteiger partial charge on any atom is -0.392 e. The van der Waals surface area contributed by atoms with Crippen LogP contribution in [0.2, 0.25) is 0 Å². The molecule has 3 heteroatoms. The number of pyridine rings is 1. The molecule has 1 aromatic rings. The molecule has 0 aliphatic rings. The van der Waals surface area contributed by atoms with Crippen LogP contribution in [0.3, 0.4) is 0 Å². The van der Waals surface area contributed by atoms with Gasteiger partial charge in [0.1, 0.15) is 0 Å². The number of nitrogens with zero attached hydrogens (tertiary/aromatic N) is 1. The van der Waals surface area contributed by atoms with Gasteiger partial charge in [-0.2, -0.15) is 0 Å². The first-order valence-corrected chi connectivity index (χ1v) is 3.44. The van der Waals surface area contributed by atoms with Gasteiger partial charge in [-0.15, -0.1) is 0 Å². The highest BCUT2D eigenvalue weighted by Gasteiger charge is 1.98. The summed E-state index contributed by atoms with van der Waals surface area (Å²) >= 11 is 0. The van der Waals surface area contributed by atoms with E-state index in [1.807, 2.05) is 13.0 Å². The molecule has 0 unspecified atom stereocenters. The Labute approximate surface area is 65.3 Å². The van der Waals surface area contributed by atoms with Crippen molar-refractivity contribution in [2.45, 2.75) is 20.1 Å². The first-order valence-electron chi connectivity index (χ1n) is 3.44. The number of aliphatic hydroxyl groups excluding tert-OH is 2. The molecule has 1 rings (SSSR count). The second kappa shape index (κ2) is 3.46. The van der Waals surface area contributed by atoms with Gasteiger partial charge in [0.05, 0.1) is 18.9 Å². The summed E-state index contributed by atoms with van der Waals surface area (Å²) in [6, 6.07) is 1.82. The summed E-state index contributed by atoms with van der Waals surface area (Å²) in [5.74, 6) is 0. The maximum absolute atomic E-state index is 8.76. The molecule has 0 aliphatic carbocycles. The van der Waals surface area contributed by atoms with E-state index in [4.69, 9.17) is 10.2 Å². The van der Waals surface area contributed by atoms with E-state index in [2.05, 4.69) is 4.98 Å². The van der Waals surface area contributed by atoms with Crippen molar-refractivity contribution >= 4 is 0 Å². The van der Waals surface area contributed by atoms with E-state index in [-0.39, 0.29) is 13.2 Å². The summed E-state index contributed by atoms with van der Waals surface area (Å²) < 4.78 is 0. The van der Waals surface area contributed by atoms with Crippen LogP contribution in [0.25, 0.3) is 0 Å². The Hall–Kier alpha value is -0.930. The van der Waals surface area contributed by atoms with Gasteiger partial charge in [0.2, 0.25) is 0 Å². The molecule has 0 saturated carbocycles. The number of rotatable bonds is 2. The average Bonchev–Trinajstić information content (AvgIpc) is 2.04. The summed E-state index contributed by atoms with van der Waals surface area (Å²) in [5.41, 5.74) is 2.36. The summed E-state index contributed by atoms with van der Waals surface area (Å²) in [5, 5.41) is 17.5. The van der Waals surface area contributed by atoms with Crippen LogP contribution in [0.15, 0.2) is 12.3 Å². The van der Waals surface area contributed by atoms with Crippen molar-refractivity contribution in [3.05, 3.63) is 29.1 Å². The zero-order chi connectivity index (χ0) is 8.27. The van der Waals surface area contributed by atoms with Gasteiger partial charge in [0.25, 0.3) is 0 Å². The normalized spacial score (nSPS) is 10.1. The van der Waals surface area contributed by atoms with E-state index in [0.717, 1.165) is 11.1 Å². The van der Waals surface area contributed by atoms with E-state index in [0.29, 0.717) is 5.69 Å². The molecule has 0 amide bonds. The Morgan fingerprint density at radius 3 is 2.55 bits per heavy atom. The SMILES string of the molecule is Cc1cc(CO)cnc1CO. The van der Waals surface area contributed by atoms with E-state index in [1.165, 1.54) is 0 Å². The highest BCUT2D eigenvalue weighted by atomic mass is 16.3. The predicted octanol–water partition coefficient (Wildman–Crippen LogP) is 0.375. The van der Waals surface area contributed by atoms with Crippen molar-refractivity contribution in [2.75, 3.05) is 0 Å². The Morgan fingerprint density at radius 1 is 1.36 bits per heavy atom. The van der Waals surface area contributed by atoms with Crippen molar-refractivity contribution in [1.29, 1.82) is 0 Å². The van der Waals surface area contributed by atoms with Gasteiger partial charge in [0, 0.05) is 6.20 Å². The largest absolute Gasteiger partial charge is 0.392 e. The number of aryl methyl sites for hydroxylation is 1. The van der Waals surface area contributed by atoms with Crippen LogP contribution >= 0.6 is 0 Å². The molecule has 0 bridgehead atoms. The third-order valence-corrected chi connectivity index (χ3v) is 1.58. The molecule has 1 aromatic heterocycles. The second-order valence-electron chi connectivity index (χ2n) is 2.42. The average molecular weight is 153 g/mol. The van der Waals surface area contributed by atoms with Crippen LogP contribution in [0.1, 0.15) is 16.8 Å². The lowest BCUT2D eigenvalue weighted by Crippen LogP contribution is -1.95. The third-order valence-electron chi connectivity index (χ3n) is 1.58. The maximum Gasteiger partial charge on any atom is 0.0855 e. The lowest BCUT2D eigenvalue weighted by molar-refractivity contribution is 0.272. The van der Waals surface area contributed by atoms with Gasteiger partial charge >= 0.3 is 0 Å². The first-order chi connectivity index (χ1) is 5.27. The highest BCUT2D eigenvalue weighted by Crippen LogP contribution is 2.06. The minimum atomic E-state index is -0.0441. The Morgan fingerprint density at radius 2 is 2.09 bits per heavy atom. The van der Waals surface area contributed by atoms with Crippen LogP contribution in [0.4, 0.5) is 0 Å². The number of aliphatic hydroxyl groups is 2. The molecule has 60 valence electrons. The standard InChI is InChI=1S/C8H11NO2/c1-6-2-7(4-10)3-9-8(6)5-11/h2-3,10-11H,4-5H2,1H3. The predicted molar refractivity (Wildman–Crippen MR) is 40.8 cm³/mol. The number of aromatic nitrogens is 1. The molecule has 11 heavy (non-hydrogen) atoms. The van der Waals surface area contributed by atoms with Crippen molar-refractivity contribution in [1.82, 2.24) is 4.98 Å². The van der Waals surface area contributed by atoms with Gasteiger partial charge < -0.3 is 10.2 Å². The molecule has 2 N–H and O–H groups in total. The van der Waals surface area contributed by atoms with Crippen LogP contribution in [0, 0.1) is 6.92 Å². The quantitative estimate of drug-likeness (QED) is 0.645. The molecular weight excluding hydrogens is 142 g/mol. The van der Waals surface area contributed by atoms with Gasteiger partial charge in [-0.1, -0.05) is 6.07 Å². The molecule has 0 fully saturated rings. The minimum absolute atomic E-state index is 0.000448. The highest BCUT2D eigenvalue weighted by molar-refractivity contribution is 5.22. The topological polar surface area (TPSA) is 53.4 Å². The Kier molecular flexibility index (Phi) is 2.57. The van der Waals surface area contributed by atoms with Crippen molar-refractivity contribution in [2.24, 2.45) is 0 Å². The molecule has 0 atom stereocenters. The zero-order valence-electron chi connectivity index (χ0n) is 6.41. The summed E-state index contributed by atoms with van der Waals surface area (Å²) in [6.07, 6.45) is 1.57. The molecule has 0 aromatic carbocycles. The molecule has 3 nitrogen and oxygen atoms in total. The summed E-state index contributed by atoms with van der Waals surface area (Å²) in [6.45, 7) is 1.81. The van der Waals surface area contributed by atoms with E-state index < -0.39 is 0 Å². The first kappa shape index (κ1) is 8.17. The van der Waals surface area contributed by atoms with Crippen molar-refractivity contribution in [3.63, 3.8) is 0 Å². The van der Waals surface area contributed by atoms with Crippen LogP contribution in [-0.4, -0.2) is 15.2 Å². The van der Waals surface area contributed by atoms with Crippen LogP contribution < -0.4 is 0 Å². The van der Waals surface area contributed by atoms with Gasteiger partial charge in [0.15, 0.2) is 0 Å². The Bertz CT molecular complexity index is 248. The molecule has 0 radical (unpaired) electrons. The second-order valence-corrected chi connectivity index (χ2v) is 2.42. The lowest BCUT2D eigenvalue weighted by Gasteiger charge is -2.02. The van der Waals surface area contributed by atoms with Gasteiger partial charge in [-0.05, 0) is 18.1 Å². The molecular formula is C8H11NO2. The maximum atomic E-state index is 8.76. The fourth-order valence-corrected chi connectivity index (χ4v) is 0.913. The zero-order valence-corrected chi connectivity index (χ0v) is 6.41. The Balaban J connectivity index is 2.99. The van der Waals surface area contributed by atoms with E-state index in [1.54, 1.807) is 6.20 Å². The number of hydrogen-bond acceptors (Lipinski definition) is 3. The van der Waals surface area contributed by atoms with Crippen LogP contribution in [0.5, 0.6) is 0 Å². The van der Waals surface area contributed by atoms with E-state index in [9.17, 15) is 0 Å². The van der Waals surface area contributed by atoms with Gasteiger partial charge in [-0.25, -0.2) is 0 Å². The van der Waals surface area contributed by atoms with E-state index >= 15 is 0 Å². The van der Waals surface area contributed by atoms with Crippen molar-refractivity contribution in [3.8, 4) is 0 Å². The summed E-state index contributed by atoms with van der Waals surface area (Å²) in [4.78, 5) is 3.96. The van der Waals surface area contributed by atoms with Crippen molar-refractivity contribution < 1.29 is 10.2 Å². The fourth-order valence-electron chi connectivity index (χ4n) is 0.913. The van der Waals surface area contributed by atoms with Crippen LogP contribution in [-0.2, 0) is 13.2 Å². The molecule has 0 saturated heterocycles.